The van der Waals surface area contributed by atoms with E-state index in [0.717, 1.165) is 5.69 Å². The van der Waals surface area contributed by atoms with E-state index in [9.17, 15) is 14.7 Å². The number of benzene rings is 1. The summed E-state index contributed by atoms with van der Waals surface area (Å²) in [7, 11) is 0. The number of carbonyl (C=O) groups excluding carboxylic acids is 1. The number of rotatable bonds is 6. The summed E-state index contributed by atoms with van der Waals surface area (Å²) in [5.41, 5.74) is 0.908. The topological polar surface area (TPSA) is 84.2 Å². The number of aliphatic hydroxyl groups is 1. The molecular formula is C18H23N3O3. The van der Waals surface area contributed by atoms with Gasteiger partial charge in [-0.3, -0.25) is 9.59 Å². The minimum Gasteiger partial charge on any atom is -0.393 e. The van der Waals surface area contributed by atoms with E-state index >= 15 is 0 Å². The predicted octanol–water partition coefficient (Wildman–Crippen LogP) is 1.68. The summed E-state index contributed by atoms with van der Waals surface area (Å²) in [6.07, 6.45) is 0.153. The Kier molecular flexibility index (Phi) is 5.87. The highest BCUT2D eigenvalue weighted by molar-refractivity contribution is 5.92. The van der Waals surface area contributed by atoms with Crippen LogP contribution in [-0.2, 0) is 0 Å². The zero-order chi connectivity index (χ0) is 17.7. The third kappa shape index (κ3) is 4.52. The number of aromatic nitrogens is 2. The molecule has 6 nitrogen and oxygen atoms in total. The fourth-order valence-electron chi connectivity index (χ4n) is 2.55. The molecule has 128 valence electrons. The summed E-state index contributed by atoms with van der Waals surface area (Å²) in [6.45, 7) is 5.79. The van der Waals surface area contributed by atoms with Crippen molar-refractivity contribution in [2.75, 3.05) is 6.54 Å². The Hall–Kier alpha value is -2.47. The van der Waals surface area contributed by atoms with Crippen LogP contribution in [0.15, 0.2) is 41.2 Å². The summed E-state index contributed by atoms with van der Waals surface area (Å²) in [4.78, 5) is 24.4. The number of para-hydroxylation sites is 1. The van der Waals surface area contributed by atoms with Crippen LogP contribution in [0.4, 0.5) is 0 Å². The van der Waals surface area contributed by atoms with Crippen LogP contribution in [0.2, 0.25) is 0 Å². The number of nitrogens with zero attached hydrogens (tertiary/aromatic N) is 2. The highest BCUT2D eigenvalue weighted by Crippen LogP contribution is 2.08. The van der Waals surface area contributed by atoms with E-state index in [1.165, 1.54) is 6.07 Å². The van der Waals surface area contributed by atoms with Crippen LogP contribution < -0.4 is 10.7 Å². The van der Waals surface area contributed by atoms with Crippen LogP contribution >= 0.6 is 0 Å². The summed E-state index contributed by atoms with van der Waals surface area (Å²) in [6, 6.07) is 10.7. The van der Waals surface area contributed by atoms with Crippen LogP contribution in [0, 0.1) is 12.8 Å². The first-order valence-electron chi connectivity index (χ1n) is 8.01. The van der Waals surface area contributed by atoms with E-state index < -0.39 is 17.4 Å². The van der Waals surface area contributed by atoms with Crippen molar-refractivity contribution in [1.82, 2.24) is 15.1 Å². The van der Waals surface area contributed by atoms with Gasteiger partial charge in [0.1, 0.15) is 0 Å². The fraction of sp³-hybridized carbons (Fsp3) is 0.389. The standard InChI is InChI=1S/C18H23N3O3/c1-12(9-14(3)22)11-19-18(24)17-16(23)10-13(2)21(20-17)15-7-5-4-6-8-15/h4-8,10,12,14,22H,9,11H2,1-3H3,(H,19,24). The lowest BCUT2D eigenvalue weighted by molar-refractivity contribution is 0.0931. The average Bonchev–Trinajstić information content (AvgIpc) is 2.53. The molecule has 24 heavy (non-hydrogen) atoms. The largest absolute Gasteiger partial charge is 0.393 e. The molecule has 0 spiro atoms. The van der Waals surface area contributed by atoms with Gasteiger partial charge >= 0.3 is 0 Å². The molecule has 2 rings (SSSR count). The van der Waals surface area contributed by atoms with Crippen molar-refractivity contribution < 1.29 is 9.90 Å². The summed E-state index contributed by atoms with van der Waals surface area (Å²) < 4.78 is 1.58. The van der Waals surface area contributed by atoms with Gasteiger partial charge in [0, 0.05) is 18.3 Å². The molecule has 0 aliphatic carbocycles. The lowest BCUT2D eigenvalue weighted by Crippen LogP contribution is -2.34. The van der Waals surface area contributed by atoms with Gasteiger partial charge in [0.15, 0.2) is 5.69 Å². The third-order valence-electron chi connectivity index (χ3n) is 3.68. The van der Waals surface area contributed by atoms with Crippen molar-refractivity contribution >= 4 is 5.91 Å². The van der Waals surface area contributed by atoms with Gasteiger partial charge < -0.3 is 10.4 Å². The highest BCUT2D eigenvalue weighted by Gasteiger charge is 2.16. The number of carbonyl (C=O) groups is 1. The first-order valence-corrected chi connectivity index (χ1v) is 8.01. The van der Waals surface area contributed by atoms with Crippen molar-refractivity contribution in [1.29, 1.82) is 0 Å². The van der Waals surface area contributed by atoms with Crippen LogP contribution in [0.25, 0.3) is 5.69 Å². The predicted molar refractivity (Wildman–Crippen MR) is 92.4 cm³/mol. The SMILES string of the molecule is Cc1cc(=O)c(C(=O)NCC(C)CC(C)O)nn1-c1ccccc1. The molecule has 1 amide bonds. The molecule has 0 aliphatic heterocycles. The van der Waals surface area contributed by atoms with Gasteiger partial charge in [0.25, 0.3) is 5.91 Å². The number of aliphatic hydroxyl groups excluding tert-OH is 1. The van der Waals surface area contributed by atoms with Gasteiger partial charge in [-0.15, -0.1) is 0 Å². The molecule has 0 bridgehead atoms. The first-order chi connectivity index (χ1) is 11.4. The number of hydrogen-bond donors (Lipinski definition) is 2. The molecule has 6 heteroatoms. The monoisotopic (exact) mass is 329 g/mol. The van der Waals surface area contributed by atoms with Gasteiger partial charge in [-0.1, -0.05) is 25.1 Å². The number of hydrogen-bond acceptors (Lipinski definition) is 4. The first kappa shape index (κ1) is 17.9. The van der Waals surface area contributed by atoms with Crippen LogP contribution in [0.1, 0.15) is 36.5 Å². The lowest BCUT2D eigenvalue weighted by atomic mass is 10.0. The molecule has 0 radical (unpaired) electrons. The highest BCUT2D eigenvalue weighted by atomic mass is 16.3. The second-order valence-corrected chi connectivity index (χ2v) is 6.15. The van der Waals surface area contributed by atoms with E-state index in [-0.39, 0.29) is 11.6 Å². The molecule has 0 saturated carbocycles. The molecule has 2 aromatic rings. The van der Waals surface area contributed by atoms with Gasteiger partial charge in [-0.25, -0.2) is 4.68 Å². The van der Waals surface area contributed by atoms with E-state index in [4.69, 9.17) is 0 Å². The summed E-state index contributed by atoms with van der Waals surface area (Å²) >= 11 is 0. The average molecular weight is 329 g/mol. The Balaban J connectivity index is 2.21. The zero-order valence-corrected chi connectivity index (χ0v) is 14.2. The molecule has 1 heterocycles. The van der Waals surface area contributed by atoms with Crippen LogP contribution in [-0.4, -0.2) is 33.4 Å². The second kappa shape index (κ2) is 7.88. The molecule has 2 N–H and O–H groups in total. The molecule has 0 aliphatic rings. The summed E-state index contributed by atoms with van der Waals surface area (Å²) in [5.74, 6) is -0.391. The molecular weight excluding hydrogens is 306 g/mol. The van der Waals surface area contributed by atoms with Crippen molar-refractivity contribution in [3.8, 4) is 5.69 Å². The van der Waals surface area contributed by atoms with Crippen molar-refractivity contribution in [2.24, 2.45) is 5.92 Å². The molecule has 2 atom stereocenters. The number of amides is 1. The molecule has 1 aromatic carbocycles. The Labute approximate surface area is 141 Å². The molecule has 2 unspecified atom stereocenters. The zero-order valence-electron chi connectivity index (χ0n) is 14.2. The maximum Gasteiger partial charge on any atom is 0.275 e. The van der Waals surface area contributed by atoms with Gasteiger partial charge in [-0.05, 0) is 38.3 Å². The minimum atomic E-state index is -0.498. The Morgan fingerprint density at radius 1 is 1.29 bits per heavy atom. The second-order valence-electron chi connectivity index (χ2n) is 6.15. The Morgan fingerprint density at radius 3 is 2.58 bits per heavy atom. The van der Waals surface area contributed by atoms with Crippen LogP contribution in [0.5, 0.6) is 0 Å². The Morgan fingerprint density at radius 2 is 1.96 bits per heavy atom. The minimum absolute atomic E-state index is 0.107. The maximum absolute atomic E-state index is 12.3. The van der Waals surface area contributed by atoms with Crippen molar-refractivity contribution in [3.05, 3.63) is 58.0 Å². The summed E-state index contributed by atoms with van der Waals surface area (Å²) in [5, 5.41) is 16.3. The molecule has 0 fully saturated rings. The maximum atomic E-state index is 12.3. The normalized spacial score (nSPS) is 13.3. The smallest absolute Gasteiger partial charge is 0.275 e. The van der Waals surface area contributed by atoms with E-state index in [1.54, 1.807) is 18.5 Å². The number of nitrogens with one attached hydrogen (secondary N) is 1. The fourth-order valence-corrected chi connectivity index (χ4v) is 2.55. The van der Waals surface area contributed by atoms with E-state index in [1.807, 2.05) is 37.3 Å². The van der Waals surface area contributed by atoms with Gasteiger partial charge in [0.2, 0.25) is 5.43 Å². The van der Waals surface area contributed by atoms with Crippen LogP contribution in [0.3, 0.4) is 0 Å². The van der Waals surface area contributed by atoms with Gasteiger partial charge in [0.05, 0.1) is 11.8 Å². The third-order valence-corrected chi connectivity index (χ3v) is 3.68. The van der Waals surface area contributed by atoms with Crippen molar-refractivity contribution in [3.63, 3.8) is 0 Å². The van der Waals surface area contributed by atoms with Gasteiger partial charge in [-0.2, -0.15) is 5.10 Å². The quantitative estimate of drug-likeness (QED) is 0.844. The Bertz CT molecular complexity index is 754. The molecule has 0 saturated heterocycles. The van der Waals surface area contributed by atoms with E-state index in [2.05, 4.69) is 10.4 Å². The van der Waals surface area contributed by atoms with Crippen molar-refractivity contribution in [2.45, 2.75) is 33.3 Å². The number of aryl methyl sites for hydroxylation is 1. The lowest BCUT2D eigenvalue weighted by Gasteiger charge is -2.15. The van der Waals surface area contributed by atoms with E-state index in [0.29, 0.717) is 18.7 Å². The molecule has 1 aromatic heterocycles.